The molecule has 0 unspecified atom stereocenters. The van der Waals surface area contributed by atoms with Crippen molar-refractivity contribution >= 4 is 40.0 Å². The van der Waals surface area contributed by atoms with Crippen LogP contribution in [0.3, 0.4) is 0 Å². The Kier molecular flexibility index (Phi) is 6.36. The van der Waals surface area contributed by atoms with E-state index in [0.29, 0.717) is 35.8 Å². The molecule has 178 valence electrons. The zero-order chi connectivity index (χ0) is 24.2. The molecule has 1 fully saturated rings. The lowest BCUT2D eigenvalue weighted by molar-refractivity contribution is -0.116. The van der Waals surface area contributed by atoms with E-state index in [2.05, 4.69) is 30.5 Å². The third-order valence-electron chi connectivity index (χ3n) is 5.65. The van der Waals surface area contributed by atoms with Crippen molar-refractivity contribution < 1.29 is 9.53 Å². The lowest BCUT2D eigenvalue weighted by Crippen LogP contribution is -2.36. The first-order valence-electron chi connectivity index (χ1n) is 11.3. The maximum absolute atomic E-state index is 12.6. The van der Waals surface area contributed by atoms with Crippen LogP contribution in [-0.4, -0.2) is 51.7 Å². The number of morpholine rings is 1. The highest BCUT2D eigenvalue weighted by atomic mass is 16.5. The third kappa shape index (κ3) is 5.28. The van der Waals surface area contributed by atoms with Crippen LogP contribution in [0, 0.1) is 6.92 Å². The summed E-state index contributed by atoms with van der Waals surface area (Å²) < 4.78 is 6.72. The van der Waals surface area contributed by atoms with Gasteiger partial charge in [-0.15, -0.1) is 0 Å². The summed E-state index contributed by atoms with van der Waals surface area (Å²) in [7, 11) is 0. The number of carbonyl (C=O) groups excluding carboxylic acids is 1. The zero-order valence-electron chi connectivity index (χ0n) is 19.3. The van der Waals surface area contributed by atoms with Gasteiger partial charge in [-0.05, 0) is 43.3 Å². The van der Waals surface area contributed by atoms with Crippen LogP contribution in [-0.2, 0) is 16.1 Å². The SMILES string of the molecule is Cc1cc(N2CCOCC2)nc(Nc2ccc(NC(=O)Cn3cnc4ccccc4c3=O)cc2)n1. The van der Waals surface area contributed by atoms with Gasteiger partial charge in [0.25, 0.3) is 5.56 Å². The summed E-state index contributed by atoms with van der Waals surface area (Å²) in [6, 6.07) is 16.2. The molecule has 0 radical (unpaired) electrons. The molecule has 0 bridgehead atoms. The minimum Gasteiger partial charge on any atom is -0.378 e. The van der Waals surface area contributed by atoms with Gasteiger partial charge in [-0.2, -0.15) is 4.98 Å². The van der Waals surface area contributed by atoms with E-state index in [1.165, 1.54) is 10.9 Å². The highest BCUT2D eigenvalue weighted by Crippen LogP contribution is 2.20. The Morgan fingerprint density at radius 1 is 1.03 bits per heavy atom. The standard InChI is InChI=1S/C25H25N7O3/c1-17-14-22(31-10-12-35-13-11-31)30-25(27-17)29-19-8-6-18(7-9-19)28-23(33)15-32-16-26-21-5-3-2-4-20(21)24(32)34/h2-9,14,16H,10-13,15H2,1H3,(H,28,33)(H,27,29,30). The second-order valence-corrected chi connectivity index (χ2v) is 8.24. The van der Waals surface area contributed by atoms with Crippen LogP contribution in [0.15, 0.2) is 65.7 Å². The van der Waals surface area contributed by atoms with Crippen LogP contribution < -0.4 is 21.1 Å². The fourth-order valence-electron chi connectivity index (χ4n) is 3.90. The number of rotatable bonds is 6. The van der Waals surface area contributed by atoms with Gasteiger partial charge in [0.15, 0.2) is 0 Å². The zero-order valence-corrected chi connectivity index (χ0v) is 19.3. The average Bonchev–Trinajstić information content (AvgIpc) is 2.87. The summed E-state index contributed by atoms with van der Waals surface area (Å²) in [5.74, 6) is 1.05. The second-order valence-electron chi connectivity index (χ2n) is 8.24. The maximum atomic E-state index is 12.6. The van der Waals surface area contributed by atoms with Crippen LogP contribution in [0.4, 0.5) is 23.1 Å². The predicted molar refractivity (Wildman–Crippen MR) is 134 cm³/mol. The monoisotopic (exact) mass is 471 g/mol. The van der Waals surface area contributed by atoms with E-state index in [-0.39, 0.29) is 18.0 Å². The number of hydrogen-bond donors (Lipinski definition) is 2. The molecule has 1 amide bonds. The Labute approximate surface area is 201 Å². The fraction of sp³-hybridized carbons (Fsp3) is 0.240. The normalized spacial score (nSPS) is 13.6. The van der Waals surface area contributed by atoms with Gasteiger partial charge < -0.3 is 20.3 Å². The average molecular weight is 472 g/mol. The summed E-state index contributed by atoms with van der Waals surface area (Å²) in [4.78, 5) is 40.7. The van der Waals surface area contributed by atoms with Crippen molar-refractivity contribution in [3.05, 3.63) is 77.0 Å². The van der Waals surface area contributed by atoms with Gasteiger partial charge in [-0.3, -0.25) is 14.2 Å². The number of amides is 1. The Morgan fingerprint density at radius 3 is 2.57 bits per heavy atom. The largest absolute Gasteiger partial charge is 0.378 e. The van der Waals surface area contributed by atoms with Crippen LogP contribution >= 0.6 is 0 Å². The molecular weight excluding hydrogens is 446 g/mol. The Bertz CT molecular complexity index is 1410. The Morgan fingerprint density at radius 2 is 1.77 bits per heavy atom. The summed E-state index contributed by atoms with van der Waals surface area (Å²) in [6.07, 6.45) is 1.39. The number of fused-ring (bicyclic) bond motifs is 1. The van der Waals surface area contributed by atoms with E-state index in [1.807, 2.05) is 31.2 Å². The Balaban J connectivity index is 1.23. The third-order valence-corrected chi connectivity index (χ3v) is 5.65. The number of aryl methyl sites for hydroxylation is 1. The molecule has 0 spiro atoms. The molecule has 0 atom stereocenters. The molecule has 1 aliphatic heterocycles. The number of anilines is 4. The molecule has 35 heavy (non-hydrogen) atoms. The molecule has 2 aromatic carbocycles. The van der Waals surface area contributed by atoms with Crippen molar-refractivity contribution in [3.63, 3.8) is 0 Å². The van der Waals surface area contributed by atoms with Crippen LogP contribution in [0.5, 0.6) is 0 Å². The summed E-state index contributed by atoms with van der Waals surface area (Å²) in [6.45, 7) is 4.78. The first-order chi connectivity index (χ1) is 17.0. The molecule has 2 N–H and O–H groups in total. The molecule has 2 aromatic heterocycles. The van der Waals surface area contributed by atoms with Gasteiger partial charge in [-0.25, -0.2) is 9.97 Å². The van der Waals surface area contributed by atoms with Gasteiger partial charge in [0.05, 0.1) is 30.4 Å². The number of hydrogen-bond acceptors (Lipinski definition) is 8. The number of nitrogens with one attached hydrogen (secondary N) is 2. The maximum Gasteiger partial charge on any atom is 0.261 e. The predicted octanol–water partition coefficient (Wildman–Crippen LogP) is 2.71. The summed E-state index contributed by atoms with van der Waals surface area (Å²) >= 11 is 0. The number of aromatic nitrogens is 4. The van der Waals surface area contributed by atoms with Crippen molar-refractivity contribution in [3.8, 4) is 0 Å². The van der Waals surface area contributed by atoms with Crippen molar-refractivity contribution in [1.82, 2.24) is 19.5 Å². The Hall–Kier alpha value is -4.31. The topological polar surface area (TPSA) is 114 Å². The van der Waals surface area contributed by atoms with E-state index in [4.69, 9.17) is 4.74 Å². The van der Waals surface area contributed by atoms with E-state index in [1.54, 1.807) is 30.3 Å². The van der Waals surface area contributed by atoms with Crippen LogP contribution in [0.2, 0.25) is 0 Å². The first-order valence-corrected chi connectivity index (χ1v) is 11.3. The lowest BCUT2D eigenvalue weighted by Gasteiger charge is -2.28. The van der Waals surface area contributed by atoms with Crippen molar-refractivity contribution in [2.75, 3.05) is 41.8 Å². The molecule has 0 aliphatic carbocycles. The second kappa shape index (κ2) is 9.90. The number of nitrogens with zero attached hydrogens (tertiary/aromatic N) is 5. The van der Waals surface area contributed by atoms with E-state index >= 15 is 0 Å². The number of carbonyl (C=O) groups is 1. The number of ether oxygens (including phenoxy) is 1. The van der Waals surface area contributed by atoms with Crippen molar-refractivity contribution in [2.45, 2.75) is 13.5 Å². The van der Waals surface area contributed by atoms with E-state index in [9.17, 15) is 9.59 Å². The van der Waals surface area contributed by atoms with Crippen LogP contribution in [0.1, 0.15) is 5.69 Å². The first kappa shape index (κ1) is 22.5. The van der Waals surface area contributed by atoms with E-state index < -0.39 is 0 Å². The molecule has 10 heteroatoms. The molecule has 3 heterocycles. The molecule has 5 rings (SSSR count). The quantitative estimate of drug-likeness (QED) is 0.441. The highest BCUT2D eigenvalue weighted by molar-refractivity contribution is 5.91. The molecule has 1 saturated heterocycles. The van der Waals surface area contributed by atoms with Gasteiger partial charge in [0.1, 0.15) is 12.4 Å². The molecule has 0 saturated carbocycles. The van der Waals surface area contributed by atoms with Gasteiger partial charge in [0, 0.05) is 36.2 Å². The van der Waals surface area contributed by atoms with Gasteiger partial charge >= 0.3 is 0 Å². The van der Waals surface area contributed by atoms with E-state index in [0.717, 1.165) is 30.3 Å². The van der Waals surface area contributed by atoms with Crippen molar-refractivity contribution in [2.24, 2.45) is 0 Å². The molecule has 10 nitrogen and oxygen atoms in total. The minimum absolute atomic E-state index is 0.127. The highest BCUT2D eigenvalue weighted by Gasteiger charge is 2.14. The molecule has 4 aromatic rings. The number of para-hydroxylation sites is 1. The molecule has 1 aliphatic rings. The molecular formula is C25H25N7O3. The van der Waals surface area contributed by atoms with Crippen molar-refractivity contribution in [1.29, 1.82) is 0 Å². The van der Waals surface area contributed by atoms with Crippen LogP contribution in [0.25, 0.3) is 10.9 Å². The smallest absolute Gasteiger partial charge is 0.261 e. The van der Waals surface area contributed by atoms with Gasteiger partial charge in [-0.1, -0.05) is 12.1 Å². The summed E-state index contributed by atoms with van der Waals surface area (Å²) in [5.41, 5.74) is 2.62. The minimum atomic E-state index is -0.318. The van der Waals surface area contributed by atoms with Gasteiger partial charge in [0.2, 0.25) is 11.9 Å². The summed E-state index contributed by atoms with van der Waals surface area (Å²) in [5, 5.41) is 6.52. The lowest BCUT2D eigenvalue weighted by atomic mass is 10.2. The fourth-order valence-corrected chi connectivity index (χ4v) is 3.90. The number of benzene rings is 2.